The lowest BCUT2D eigenvalue weighted by molar-refractivity contribution is -0.274. The number of hydrogen-bond donors (Lipinski definition) is 0. The molecule has 0 fully saturated rings. The van der Waals surface area contributed by atoms with E-state index >= 15 is 0 Å². The van der Waals surface area contributed by atoms with E-state index in [9.17, 15) is 13.2 Å². The Morgan fingerprint density at radius 3 is 2.00 bits per heavy atom. The number of benzene rings is 1. The molecule has 0 saturated heterocycles. The minimum atomic E-state index is -4.69. The molecule has 4 nitrogen and oxygen atoms in total. The standard InChI is InChI=1S/C14H14F3N3O/c1-9-8-10(2)19-13(18-9)20(3)11-4-6-12(7-5-11)21-14(15,16)17/h4-8H,1-3H3. The van der Waals surface area contributed by atoms with Crippen molar-refractivity contribution in [1.82, 2.24) is 9.97 Å². The monoisotopic (exact) mass is 297 g/mol. The highest BCUT2D eigenvalue weighted by Crippen LogP contribution is 2.27. The van der Waals surface area contributed by atoms with E-state index in [0.29, 0.717) is 11.6 Å². The molecule has 1 aromatic carbocycles. The van der Waals surface area contributed by atoms with Crippen molar-refractivity contribution in [3.05, 3.63) is 41.7 Å². The molecule has 21 heavy (non-hydrogen) atoms. The quantitative estimate of drug-likeness (QED) is 0.864. The second-order valence-corrected chi connectivity index (χ2v) is 4.55. The van der Waals surface area contributed by atoms with Crippen LogP contribution in [0.3, 0.4) is 0 Å². The molecule has 112 valence electrons. The minimum absolute atomic E-state index is 0.263. The number of ether oxygens (including phenoxy) is 1. The third kappa shape index (κ3) is 4.08. The van der Waals surface area contributed by atoms with Gasteiger partial charge in [-0.05, 0) is 44.2 Å². The van der Waals surface area contributed by atoms with Gasteiger partial charge < -0.3 is 9.64 Å². The molecule has 1 aromatic heterocycles. The number of alkyl halides is 3. The second kappa shape index (κ2) is 5.59. The average molecular weight is 297 g/mol. The summed E-state index contributed by atoms with van der Waals surface area (Å²) in [5.41, 5.74) is 2.30. The van der Waals surface area contributed by atoms with E-state index in [2.05, 4.69) is 14.7 Å². The van der Waals surface area contributed by atoms with E-state index in [-0.39, 0.29) is 5.75 Å². The summed E-state index contributed by atoms with van der Waals surface area (Å²) in [6, 6.07) is 7.38. The van der Waals surface area contributed by atoms with Gasteiger partial charge in [-0.25, -0.2) is 9.97 Å². The van der Waals surface area contributed by atoms with Crippen molar-refractivity contribution in [3.63, 3.8) is 0 Å². The molecule has 0 aliphatic carbocycles. The number of anilines is 2. The van der Waals surface area contributed by atoms with Gasteiger partial charge in [0.15, 0.2) is 0 Å². The highest BCUT2D eigenvalue weighted by Gasteiger charge is 2.31. The molecule has 0 spiro atoms. The largest absolute Gasteiger partial charge is 0.573 e. The minimum Gasteiger partial charge on any atom is -0.406 e. The highest BCUT2D eigenvalue weighted by molar-refractivity contribution is 5.57. The van der Waals surface area contributed by atoms with Gasteiger partial charge >= 0.3 is 6.36 Å². The number of aromatic nitrogens is 2. The summed E-state index contributed by atoms with van der Waals surface area (Å²) in [6.07, 6.45) is -4.69. The summed E-state index contributed by atoms with van der Waals surface area (Å²) in [5.74, 6) is 0.220. The first kappa shape index (κ1) is 15.1. The maximum Gasteiger partial charge on any atom is 0.573 e. The van der Waals surface area contributed by atoms with Gasteiger partial charge in [-0.1, -0.05) is 0 Å². The van der Waals surface area contributed by atoms with Crippen LogP contribution >= 0.6 is 0 Å². The molecule has 0 radical (unpaired) electrons. The highest BCUT2D eigenvalue weighted by atomic mass is 19.4. The Morgan fingerprint density at radius 2 is 1.52 bits per heavy atom. The number of rotatable bonds is 3. The molecule has 0 unspecified atom stereocenters. The van der Waals surface area contributed by atoms with E-state index in [1.165, 1.54) is 24.3 Å². The van der Waals surface area contributed by atoms with Crippen molar-refractivity contribution < 1.29 is 17.9 Å². The van der Waals surface area contributed by atoms with Gasteiger partial charge in [-0.2, -0.15) is 0 Å². The van der Waals surface area contributed by atoms with E-state index in [1.54, 1.807) is 11.9 Å². The van der Waals surface area contributed by atoms with Gasteiger partial charge in [-0.3, -0.25) is 0 Å². The number of aryl methyl sites for hydroxylation is 2. The van der Waals surface area contributed by atoms with Gasteiger partial charge in [0.1, 0.15) is 5.75 Å². The molecule has 0 bridgehead atoms. The number of halogens is 3. The Kier molecular flexibility index (Phi) is 4.02. The zero-order valence-electron chi connectivity index (χ0n) is 11.8. The molecule has 1 heterocycles. The SMILES string of the molecule is Cc1cc(C)nc(N(C)c2ccc(OC(F)(F)F)cc2)n1. The van der Waals surface area contributed by atoms with Crippen molar-refractivity contribution >= 4 is 11.6 Å². The maximum absolute atomic E-state index is 12.1. The average Bonchev–Trinajstić information content (AvgIpc) is 2.35. The summed E-state index contributed by atoms with van der Waals surface area (Å²) in [6.45, 7) is 3.71. The predicted octanol–water partition coefficient (Wildman–Crippen LogP) is 3.76. The Morgan fingerprint density at radius 1 is 1.00 bits per heavy atom. The van der Waals surface area contributed by atoms with Crippen LogP contribution in [0.2, 0.25) is 0 Å². The fourth-order valence-electron chi connectivity index (χ4n) is 1.84. The molecule has 2 aromatic rings. The number of nitrogens with zero attached hydrogens (tertiary/aromatic N) is 3. The van der Waals surface area contributed by atoms with Crippen molar-refractivity contribution in [2.24, 2.45) is 0 Å². The maximum atomic E-state index is 12.1. The van der Waals surface area contributed by atoms with Crippen LogP contribution in [0.5, 0.6) is 5.75 Å². The Labute approximate surface area is 120 Å². The van der Waals surface area contributed by atoms with E-state index < -0.39 is 6.36 Å². The lowest BCUT2D eigenvalue weighted by Gasteiger charge is -2.18. The van der Waals surface area contributed by atoms with Crippen molar-refractivity contribution in [1.29, 1.82) is 0 Å². The Balaban J connectivity index is 2.21. The fraction of sp³-hybridized carbons (Fsp3) is 0.286. The van der Waals surface area contributed by atoms with Crippen LogP contribution in [0.4, 0.5) is 24.8 Å². The van der Waals surface area contributed by atoms with Gasteiger partial charge in [0.25, 0.3) is 0 Å². The molecule has 0 aliphatic heterocycles. The summed E-state index contributed by atoms with van der Waals surface area (Å²) in [7, 11) is 1.74. The fourth-order valence-corrected chi connectivity index (χ4v) is 1.84. The zero-order chi connectivity index (χ0) is 15.6. The molecule has 0 aliphatic rings. The van der Waals surface area contributed by atoms with Crippen LogP contribution in [0.15, 0.2) is 30.3 Å². The van der Waals surface area contributed by atoms with Gasteiger partial charge in [-0.15, -0.1) is 13.2 Å². The Bertz CT molecular complexity index is 606. The van der Waals surface area contributed by atoms with Crippen LogP contribution in [0, 0.1) is 13.8 Å². The van der Waals surface area contributed by atoms with Gasteiger partial charge in [0, 0.05) is 24.1 Å². The first-order chi connectivity index (χ1) is 9.74. The predicted molar refractivity (Wildman–Crippen MR) is 72.7 cm³/mol. The topological polar surface area (TPSA) is 38.2 Å². The molecule has 0 atom stereocenters. The summed E-state index contributed by atoms with van der Waals surface area (Å²) >= 11 is 0. The van der Waals surface area contributed by atoms with Crippen LogP contribution < -0.4 is 9.64 Å². The first-order valence-corrected chi connectivity index (χ1v) is 6.16. The van der Waals surface area contributed by atoms with Crippen molar-refractivity contribution in [3.8, 4) is 5.75 Å². The van der Waals surface area contributed by atoms with Gasteiger partial charge in [0.2, 0.25) is 5.95 Å². The second-order valence-electron chi connectivity index (χ2n) is 4.55. The van der Waals surface area contributed by atoms with Crippen LogP contribution in [-0.4, -0.2) is 23.4 Å². The summed E-state index contributed by atoms with van der Waals surface area (Å²) < 4.78 is 40.1. The zero-order valence-corrected chi connectivity index (χ0v) is 11.8. The Hall–Kier alpha value is -2.31. The molecule has 7 heteroatoms. The number of hydrogen-bond acceptors (Lipinski definition) is 4. The van der Waals surface area contributed by atoms with E-state index in [4.69, 9.17) is 0 Å². The van der Waals surface area contributed by atoms with Crippen LogP contribution in [-0.2, 0) is 0 Å². The molecule has 0 saturated carbocycles. The molecule has 0 amide bonds. The molecule has 2 rings (SSSR count). The normalized spacial score (nSPS) is 11.3. The third-order valence-corrected chi connectivity index (χ3v) is 2.73. The molecular weight excluding hydrogens is 283 g/mol. The van der Waals surface area contributed by atoms with Crippen LogP contribution in [0.25, 0.3) is 0 Å². The lowest BCUT2D eigenvalue weighted by atomic mass is 10.3. The van der Waals surface area contributed by atoms with E-state index in [1.807, 2.05) is 19.9 Å². The van der Waals surface area contributed by atoms with Crippen molar-refractivity contribution in [2.75, 3.05) is 11.9 Å². The summed E-state index contributed by atoms with van der Waals surface area (Å²) in [4.78, 5) is 10.3. The van der Waals surface area contributed by atoms with Crippen LogP contribution in [0.1, 0.15) is 11.4 Å². The third-order valence-electron chi connectivity index (χ3n) is 2.73. The lowest BCUT2D eigenvalue weighted by Crippen LogP contribution is -2.17. The van der Waals surface area contributed by atoms with Crippen molar-refractivity contribution in [2.45, 2.75) is 20.2 Å². The van der Waals surface area contributed by atoms with Gasteiger partial charge in [0.05, 0.1) is 0 Å². The van der Waals surface area contributed by atoms with E-state index in [0.717, 1.165) is 11.4 Å². The molecule has 0 N–H and O–H groups in total. The smallest absolute Gasteiger partial charge is 0.406 e. The molecular formula is C14H14F3N3O. The first-order valence-electron chi connectivity index (χ1n) is 6.16. The summed E-state index contributed by atoms with van der Waals surface area (Å²) in [5, 5.41) is 0.